The molecule has 3 heterocycles. The third-order valence-corrected chi connectivity index (χ3v) is 4.97. The minimum atomic E-state index is -0.950. The number of carbonyl (C=O) groups is 2. The normalized spacial score (nSPS) is 26.6. The Morgan fingerprint density at radius 3 is 2.52 bits per heavy atom. The van der Waals surface area contributed by atoms with Gasteiger partial charge in [-0.15, -0.1) is 0 Å². The van der Waals surface area contributed by atoms with Gasteiger partial charge < -0.3 is 18.9 Å². The van der Waals surface area contributed by atoms with Gasteiger partial charge in [0.2, 0.25) is 5.28 Å². The molecule has 1 saturated heterocycles. The largest absolute Gasteiger partial charge is 0.456 e. The molecule has 0 amide bonds. The van der Waals surface area contributed by atoms with Crippen LogP contribution in [0.1, 0.15) is 32.9 Å². The molecule has 4 rings (SSSR count). The van der Waals surface area contributed by atoms with Gasteiger partial charge in [0.1, 0.15) is 11.6 Å². The van der Waals surface area contributed by atoms with Crippen molar-refractivity contribution in [3.8, 4) is 0 Å². The van der Waals surface area contributed by atoms with Crippen molar-refractivity contribution in [2.45, 2.75) is 57.3 Å². The van der Waals surface area contributed by atoms with E-state index in [-0.39, 0.29) is 23.1 Å². The lowest BCUT2D eigenvalue weighted by Crippen LogP contribution is -2.40. The molecule has 0 radical (unpaired) electrons. The zero-order valence-corrected chi connectivity index (χ0v) is 17.1. The second-order valence-electron chi connectivity index (χ2n) is 6.85. The van der Waals surface area contributed by atoms with Crippen molar-refractivity contribution in [2.24, 2.45) is 0 Å². The summed E-state index contributed by atoms with van der Waals surface area (Å²) in [4.78, 5) is 35.7. The van der Waals surface area contributed by atoms with Gasteiger partial charge in [-0.1, -0.05) is 11.6 Å². The molecule has 0 aromatic carbocycles. The Bertz CT molecular complexity index is 949. The van der Waals surface area contributed by atoms with Crippen molar-refractivity contribution in [1.82, 2.24) is 19.5 Å². The van der Waals surface area contributed by atoms with Crippen molar-refractivity contribution >= 4 is 46.3 Å². The average Bonchev–Trinajstić information content (AvgIpc) is 3.28. The van der Waals surface area contributed by atoms with E-state index < -0.39 is 36.5 Å². The van der Waals surface area contributed by atoms with Gasteiger partial charge in [-0.2, -0.15) is 4.98 Å². The molecule has 2 aromatic rings. The van der Waals surface area contributed by atoms with Crippen LogP contribution < -0.4 is 0 Å². The number of carbonyl (C=O) groups excluding carboxylic acids is 2. The Morgan fingerprint density at radius 1 is 1.17 bits per heavy atom. The highest BCUT2D eigenvalue weighted by atomic mass is 35.5. The predicted molar refractivity (Wildman–Crippen MR) is 99.3 cm³/mol. The van der Waals surface area contributed by atoms with Crippen LogP contribution in [0.5, 0.6) is 0 Å². The summed E-state index contributed by atoms with van der Waals surface area (Å²) in [5, 5.41) is 0.00220. The number of hydrogen-bond donors (Lipinski definition) is 0. The van der Waals surface area contributed by atoms with Crippen molar-refractivity contribution in [2.75, 3.05) is 6.61 Å². The Balaban J connectivity index is 1.71. The van der Waals surface area contributed by atoms with Gasteiger partial charge in [-0.3, -0.25) is 14.2 Å². The minimum absolute atomic E-state index is 0.0727. The molecule has 10 nitrogen and oxygen atoms in total. The molecule has 12 heteroatoms. The molecule has 2 aromatic heterocycles. The fraction of sp³-hybridized carbons (Fsp3) is 0.588. The smallest absolute Gasteiger partial charge is 0.303 e. The van der Waals surface area contributed by atoms with Crippen molar-refractivity contribution < 1.29 is 28.5 Å². The van der Waals surface area contributed by atoms with Gasteiger partial charge in [0.25, 0.3) is 0 Å². The minimum Gasteiger partial charge on any atom is -0.456 e. The van der Waals surface area contributed by atoms with Crippen LogP contribution in [0.3, 0.4) is 0 Å². The third kappa shape index (κ3) is 4.30. The van der Waals surface area contributed by atoms with Crippen LogP contribution in [0.4, 0.5) is 0 Å². The van der Waals surface area contributed by atoms with Crippen LogP contribution >= 0.6 is 23.2 Å². The van der Waals surface area contributed by atoms with E-state index in [1.54, 1.807) is 0 Å². The van der Waals surface area contributed by atoms with Gasteiger partial charge in [0.15, 0.2) is 29.2 Å². The summed E-state index contributed by atoms with van der Waals surface area (Å²) < 4.78 is 24.3. The Labute approximate surface area is 175 Å². The molecule has 4 atom stereocenters. The molecule has 156 valence electrons. The molecule has 2 aliphatic rings. The molecule has 1 saturated carbocycles. The lowest BCUT2D eigenvalue weighted by atomic mass is 10.1. The highest BCUT2D eigenvalue weighted by Gasteiger charge is 2.51. The first-order chi connectivity index (χ1) is 13.8. The molecule has 29 heavy (non-hydrogen) atoms. The monoisotopic (exact) mass is 444 g/mol. The number of hydrogen-bond acceptors (Lipinski definition) is 9. The van der Waals surface area contributed by atoms with Crippen LogP contribution in [0, 0.1) is 0 Å². The van der Waals surface area contributed by atoms with Crippen molar-refractivity contribution in [3.63, 3.8) is 0 Å². The summed E-state index contributed by atoms with van der Waals surface area (Å²) in [7, 11) is 0. The topological polar surface area (TPSA) is 115 Å². The number of aromatic nitrogens is 4. The quantitative estimate of drug-likeness (QED) is 0.374. The van der Waals surface area contributed by atoms with Gasteiger partial charge >= 0.3 is 11.9 Å². The maximum Gasteiger partial charge on any atom is 0.303 e. The van der Waals surface area contributed by atoms with Crippen LogP contribution in [0.25, 0.3) is 11.2 Å². The van der Waals surface area contributed by atoms with Crippen LogP contribution in [0.2, 0.25) is 10.4 Å². The van der Waals surface area contributed by atoms with Gasteiger partial charge in [0, 0.05) is 13.8 Å². The Morgan fingerprint density at radius 2 is 1.86 bits per heavy atom. The molecule has 0 bridgehead atoms. The molecule has 1 aliphatic heterocycles. The highest BCUT2D eigenvalue weighted by molar-refractivity contribution is 6.35. The summed E-state index contributed by atoms with van der Waals surface area (Å²) in [6, 6.07) is 0. The zero-order chi connectivity index (χ0) is 20.7. The molecular formula is C17H18Cl2N4O6. The maximum atomic E-state index is 11.8. The number of ether oxygens (including phenoxy) is 4. The van der Waals surface area contributed by atoms with Crippen LogP contribution in [-0.4, -0.2) is 62.5 Å². The summed E-state index contributed by atoms with van der Waals surface area (Å²) in [5.41, 5.74) is 0.602. The van der Waals surface area contributed by atoms with E-state index in [0.717, 1.165) is 12.8 Å². The first-order valence-corrected chi connectivity index (χ1v) is 9.76. The lowest BCUT2D eigenvalue weighted by Gasteiger charge is -2.23. The van der Waals surface area contributed by atoms with Crippen molar-refractivity contribution in [1.29, 1.82) is 0 Å². The first kappa shape index (κ1) is 20.3. The highest BCUT2D eigenvalue weighted by Crippen LogP contribution is 2.37. The number of esters is 2. The average molecular weight is 445 g/mol. The Hall–Kier alpha value is -2.01. The third-order valence-electron chi connectivity index (χ3n) is 4.54. The summed E-state index contributed by atoms with van der Waals surface area (Å²) in [5.74, 6) is -1.09. The molecule has 1 aliphatic carbocycles. The molecular weight excluding hydrogens is 427 g/mol. The second-order valence-corrected chi connectivity index (χ2v) is 7.55. The van der Waals surface area contributed by atoms with E-state index in [1.165, 1.54) is 24.7 Å². The van der Waals surface area contributed by atoms with Gasteiger partial charge in [0.05, 0.1) is 19.0 Å². The predicted octanol–water partition coefficient (Wildman–Crippen LogP) is 2.07. The number of fused-ring (bicyclic) bond motifs is 1. The van der Waals surface area contributed by atoms with E-state index in [0.29, 0.717) is 11.2 Å². The summed E-state index contributed by atoms with van der Waals surface area (Å²) in [6.07, 6.45) is 0.185. The number of halogens is 2. The standard InChI is InChI=1S/C17H18Cl2N4O6/c1-7(24)27-12-10(5-26-9-3-4-9)29-16(13(12)28-8(2)25)23-6-20-11-14(18)21-17(19)22-15(11)23/h6,9-10,12-13,16H,3-5H2,1-2H3/t10-,12-,13-,16?/m1/s1. The maximum absolute atomic E-state index is 11.8. The number of nitrogens with zero attached hydrogens (tertiary/aromatic N) is 4. The fourth-order valence-electron chi connectivity index (χ4n) is 3.23. The van der Waals surface area contributed by atoms with E-state index in [2.05, 4.69) is 15.0 Å². The number of rotatable bonds is 6. The second kappa shape index (κ2) is 8.02. The van der Waals surface area contributed by atoms with Crippen LogP contribution in [0.15, 0.2) is 6.33 Å². The Kier molecular flexibility index (Phi) is 5.60. The molecule has 1 unspecified atom stereocenters. The molecule has 0 N–H and O–H groups in total. The SMILES string of the molecule is CC(=O)O[C@@H]1[C@@H](COC2CC2)OC(n2cnc3c(Cl)nc(Cl)nc32)[C@@H]1OC(C)=O. The van der Waals surface area contributed by atoms with Crippen LogP contribution in [-0.2, 0) is 28.5 Å². The molecule has 0 spiro atoms. The number of imidazole rings is 1. The van der Waals surface area contributed by atoms with E-state index >= 15 is 0 Å². The van der Waals surface area contributed by atoms with E-state index in [4.69, 9.17) is 42.1 Å². The fourth-order valence-corrected chi connectivity index (χ4v) is 3.65. The van der Waals surface area contributed by atoms with E-state index in [9.17, 15) is 9.59 Å². The van der Waals surface area contributed by atoms with E-state index in [1.807, 2.05) is 0 Å². The van der Waals surface area contributed by atoms with Gasteiger partial charge in [-0.25, -0.2) is 9.97 Å². The zero-order valence-electron chi connectivity index (χ0n) is 15.6. The van der Waals surface area contributed by atoms with Crippen molar-refractivity contribution in [3.05, 3.63) is 16.8 Å². The summed E-state index contributed by atoms with van der Waals surface area (Å²) >= 11 is 12.0. The molecule has 2 fully saturated rings. The van der Waals surface area contributed by atoms with Gasteiger partial charge in [-0.05, 0) is 24.4 Å². The first-order valence-electron chi connectivity index (χ1n) is 9.00. The summed E-state index contributed by atoms with van der Waals surface area (Å²) in [6.45, 7) is 2.72. The lowest BCUT2D eigenvalue weighted by molar-refractivity contribution is -0.166.